The minimum atomic E-state index is -3.37. The van der Waals surface area contributed by atoms with E-state index in [2.05, 4.69) is 25.6 Å². The first-order valence-electron chi connectivity index (χ1n) is 5.13. The van der Waals surface area contributed by atoms with Gasteiger partial charge >= 0.3 is 0 Å². The Hall–Kier alpha value is -0.660. The Morgan fingerprint density at radius 2 is 2.18 bits per heavy atom. The Balaban J connectivity index is 2.52. The van der Waals surface area contributed by atoms with Crippen LogP contribution in [0.1, 0.15) is 13.8 Å². The summed E-state index contributed by atoms with van der Waals surface area (Å²) < 4.78 is 31.5. The summed E-state index contributed by atoms with van der Waals surface area (Å²) >= 11 is 3.17. The van der Waals surface area contributed by atoms with E-state index in [-0.39, 0.29) is 18.5 Å². The monoisotopic (exact) mass is 322 g/mol. The molecule has 1 rings (SSSR count). The molecule has 1 aromatic rings. The molecule has 1 heterocycles. The highest BCUT2D eigenvalue weighted by Gasteiger charge is 2.10. The molecule has 17 heavy (non-hydrogen) atoms. The molecule has 0 saturated carbocycles. The lowest BCUT2D eigenvalue weighted by molar-refractivity contribution is 0.0913. The minimum Gasteiger partial charge on any atom is -0.378 e. The molecule has 5 nitrogen and oxygen atoms in total. The fourth-order valence-electron chi connectivity index (χ4n) is 1.06. The van der Waals surface area contributed by atoms with Crippen LogP contribution < -0.4 is 4.72 Å². The van der Waals surface area contributed by atoms with Gasteiger partial charge in [-0.25, -0.2) is 13.4 Å². The first kappa shape index (κ1) is 14.4. The third-order valence-corrected chi connectivity index (χ3v) is 3.52. The van der Waals surface area contributed by atoms with Crippen molar-refractivity contribution in [3.05, 3.63) is 22.9 Å². The number of nitrogens with zero attached hydrogens (tertiary/aromatic N) is 1. The van der Waals surface area contributed by atoms with Crippen LogP contribution in [0.5, 0.6) is 0 Å². The maximum Gasteiger partial charge on any atom is 0.235 e. The molecule has 96 valence electrons. The lowest BCUT2D eigenvalue weighted by atomic mass is 10.4. The summed E-state index contributed by atoms with van der Waals surface area (Å²) in [6.45, 7) is 3.90. The average molecular weight is 323 g/mol. The van der Waals surface area contributed by atoms with Gasteiger partial charge in [-0.2, -0.15) is 0 Å². The summed E-state index contributed by atoms with van der Waals surface area (Å²) in [5, 5.41) is 0. The number of nitrogens with one attached hydrogen (secondary N) is 1. The number of halogens is 1. The van der Waals surface area contributed by atoms with Crippen LogP contribution in [0.2, 0.25) is 0 Å². The van der Waals surface area contributed by atoms with E-state index in [1.165, 1.54) is 6.20 Å². The third-order valence-electron chi connectivity index (χ3n) is 1.80. The smallest absolute Gasteiger partial charge is 0.235 e. The number of hydrogen-bond donors (Lipinski definition) is 1. The van der Waals surface area contributed by atoms with E-state index in [1.807, 2.05) is 13.8 Å². The number of hydrogen-bond acceptors (Lipinski definition) is 4. The van der Waals surface area contributed by atoms with Crippen molar-refractivity contribution in [2.45, 2.75) is 20.0 Å². The molecule has 0 atom stereocenters. The molecule has 0 aliphatic carbocycles. The van der Waals surface area contributed by atoms with Gasteiger partial charge in [0.2, 0.25) is 10.0 Å². The molecule has 0 spiro atoms. The fraction of sp³-hybridized carbons (Fsp3) is 0.500. The lowest BCUT2D eigenvalue weighted by Gasteiger charge is -2.09. The Kier molecular flexibility index (Phi) is 5.35. The highest BCUT2D eigenvalue weighted by Crippen LogP contribution is 2.11. The van der Waals surface area contributed by atoms with Gasteiger partial charge in [0.15, 0.2) is 0 Å². The Bertz CT molecular complexity index is 445. The minimum absolute atomic E-state index is 0.0274. The van der Waals surface area contributed by atoms with Gasteiger partial charge in [0.1, 0.15) is 4.60 Å². The lowest BCUT2D eigenvalue weighted by Crippen LogP contribution is -2.21. The first-order chi connectivity index (χ1) is 7.89. The van der Waals surface area contributed by atoms with Crippen LogP contribution in [-0.2, 0) is 14.8 Å². The van der Waals surface area contributed by atoms with Gasteiger partial charge in [-0.1, -0.05) is 0 Å². The summed E-state index contributed by atoms with van der Waals surface area (Å²) in [6.07, 6.45) is 1.48. The van der Waals surface area contributed by atoms with Crippen LogP contribution in [0.25, 0.3) is 0 Å². The highest BCUT2D eigenvalue weighted by atomic mass is 79.9. The van der Waals surface area contributed by atoms with Crippen LogP contribution in [-0.4, -0.2) is 31.9 Å². The van der Waals surface area contributed by atoms with Crippen molar-refractivity contribution in [2.24, 2.45) is 0 Å². The Morgan fingerprint density at radius 1 is 1.47 bits per heavy atom. The van der Waals surface area contributed by atoms with E-state index in [0.717, 1.165) is 0 Å². The summed E-state index contributed by atoms with van der Waals surface area (Å²) in [5.41, 5.74) is 0.442. The second-order valence-electron chi connectivity index (χ2n) is 3.71. The zero-order chi connectivity index (χ0) is 12.9. The fourth-order valence-corrected chi connectivity index (χ4v) is 2.19. The highest BCUT2D eigenvalue weighted by molar-refractivity contribution is 9.10. The largest absolute Gasteiger partial charge is 0.378 e. The molecule has 0 bridgehead atoms. The molecule has 0 fully saturated rings. The maximum atomic E-state index is 11.6. The van der Waals surface area contributed by atoms with Gasteiger partial charge in [-0.3, -0.25) is 4.72 Å². The summed E-state index contributed by atoms with van der Waals surface area (Å²) in [4.78, 5) is 3.93. The van der Waals surface area contributed by atoms with Gasteiger partial charge in [-0.05, 0) is 41.9 Å². The second kappa shape index (κ2) is 6.32. The molecule has 7 heteroatoms. The van der Waals surface area contributed by atoms with E-state index < -0.39 is 10.0 Å². The molecular formula is C10H15BrN2O3S. The zero-order valence-electron chi connectivity index (χ0n) is 9.68. The molecule has 0 aliphatic heterocycles. The molecule has 0 saturated heterocycles. The summed E-state index contributed by atoms with van der Waals surface area (Å²) in [7, 11) is -3.37. The predicted molar refractivity (Wildman–Crippen MR) is 70.4 cm³/mol. The SMILES string of the molecule is CC(C)OCCS(=O)(=O)Nc1ccc(Br)nc1. The molecule has 0 aliphatic rings. The predicted octanol–water partition coefficient (Wildman–Crippen LogP) is 2.01. The van der Waals surface area contributed by atoms with Crippen LogP contribution in [0.4, 0.5) is 5.69 Å². The van der Waals surface area contributed by atoms with E-state index >= 15 is 0 Å². The van der Waals surface area contributed by atoms with Gasteiger partial charge in [0.05, 0.1) is 30.3 Å². The Morgan fingerprint density at radius 3 is 2.71 bits per heavy atom. The molecule has 0 unspecified atom stereocenters. The zero-order valence-corrected chi connectivity index (χ0v) is 12.1. The topological polar surface area (TPSA) is 68.3 Å². The third kappa shape index (κ3) is 5.99. The number of aromatic nitrogens is 1. The van der Waals surface area contributed by atoms with Crippen molar-refractivity contribution in [1.29, 1.82) is 0 Å². The maximum absolute atomic E-state index is 11.6. The average Bonchev–Trinajstić information content (AvgIpc) is 2.20. The van der Waals surface area contributed by atoms with Gasteiger partial charge in [0, 0.05) is 0 Å². The summed E-state index contributed by atoms with van der Waals surface area (Å²) in [6, 6.07) is 3.31. The molecule has 0 amide bonds. The molecular weight excluding hydrogens is 308 g/mol. The van der Waals surface area contributed by atoms with Crippen LogP contribution in [0.15, 0.2) is 22.9 Å². The van der Waals surface area contributed by atoms with Gasteiger partial charge in [0.25, 0.3) is 0 Å². The van der Waals surface area contributed by atoms with Crippen molar-refractivity contribution >= 4 is 31.6 Å². The van der Waals surface area contributed by atoms with Crippen molar-refractivity contribution in [3.8, 4) is 0 Å². The van der Waals surface area contributed by atoms with Crippen molar-refractivity contribution < 1.29 is 13.2 Å². The first-order valence-corrected chi connectivity index (χ1v) is 7.57. The molecule has 0 radical (unpaired) electrons. The van der Waals surface area contributed by atoms with E-state index in [9.17, 15) is 8.42 Å². The van der Waals surface area contributed by atoms with Crippen LogP contribution in [0, 0.1) is 0 Å². The number of ether oxygens (including phenoxy) is 1. The molecule has 1 aromatic heterocycles. The number of sulfonamides is 1. The quantitative estimate of drug-likeness (QED) is 0.813. The van der Waals surface area contributed by atoms with Crippen LogP contribution >= 0.6 is 15.9 Å². The number of rotatable bonds is 6. The van der Waals surface area contributed by atoms with E-state index in [4.69, 9.17) is 4.74 Å². The van der Waals surface area contributed by atoms with Gasteiger partial charge in [-0.15, -0.1) is 0 Å². The van der Waals surface area contributed by atoms with E-state index in [0.29, 0.717) is 10.3 Å². The van der Waals surface area contributed by atoms with Gasteiger partial charge < -0.3 is 4.74 Å². The standard InChI is InChI=1S/C10H15BrN2O3S/c1-8(2)16-5-6-17(14,15)13-9-3-4-10(11)12-7-9/h3-4,7-8,13H,5-6H2,1-2H3. The number of anilines is 1. The van der Waals surface area contributed by atoms with Crippen molar-refractivity contribution in [2.75, 3.05) is 17.1 Å². The molecule has 1 N–H and O–H groups in total. The second-order valence-corrected chi connectivity index (χ2v) is 6.36. The van der Waals surface area contributed by atoms with Crippen molar-refractivity contribution in [1.82, 2.24) is 4.98 Å². The Labute approximate surface area is 110 Å². The molecule has 0 aromatic carbocycles. The normalized spacial score (nSPS) is 11.8. The number of pyridine rings is 1. The van der Waals surface area contributed by atoms with Crippen LogP contribution in [0.3, 0.4) is 0 Å². The van der Waals surface area contributed by atoms with E-state index in [1.54, 1.807) is 12.1 Å². The summed E-state index contributed by atoms with van der Waals surface area (Å²) in [5.74, 6) is -0.0682. The van der Waals surface area contributed by atoms with Crippen molar-refractivity contribution in [3.63, 3.8) is 0 Å².